The van der Waals surface area contributed by atoms with Crippen LogP contribution in [0.2, 0.25) is 0 Å². The average Bonchev–Trinajstić information content (AvgIpc) is 1.90. The molecule has 0 atom stereocenters. The molecule has 0 N–H and O–H groups in total. The molecule has 0 amide bonds. The molecule has 0 radical (unpaired) electrons. The first-order valence-electron chi connectivity index (χ1n) is 1.65. The first kappa shape index (κ1) is 10.1. The molecule has 0 saturated carbocycles. The lowest BCUT2D eigenvalue weighted by Gasteiger charge is -1.83. The zero-order valence-corrected chi connectivity index (χ0v) is 9.04. The molecular formula is C2H6S6. The maximum atomic E-state index is 1.95. The van der Waals surface area contributed by atoms with Gasteiger partial charge < -0.3 is 0 Å². The minimum atomic E-state index is 0. The third kappa shape index (κ3) is 4.93. The van der Waals surface area contributed by atoms with E-state index < -0.39 is 0 Å². The first-order chi connectivity index (χ1) is 3.50. The van der Waals surface area contributed by atoms with Gasteiger partial charge in [0.25, 0.3) is 0 Å². The topological polar surface area (TPSA) is 0 Å². The van der Waals surface area contributed by atoms with Crippen molar-refractivity contribution in [2.75, 3.05) is 10.2 Å². The molecule has 0 nitrogen and oxygen atoms in total. The van der Waals surface area contributed by atoms with E-state index in [-0.39, 0.29) is 13.5 Å². The van der Waals surface area contributed by atoms with E-state index in [0.717, 1.165) is 0 Å². The van der Waals surface area contributed by atoms with Crippen LogP contribution in [-0.2, 0) is 0 Å². The monoisotopic (exact) mass is 222 g/mol. The van der Waals surface area contributed by atoms with Crippen LogP contribution in [0.15, 0.2) is 0 Å². The summed E-state index contributed by atoms with van der Waals surface area (Å²) in [4.78, 5) is 0. The summed E-state index contributed by atoms with van der Waals surface area (Å²) in [5, 5.41) is 2.48. The third-order valence-electron chi connectivity index (χ3n) is 0.372. The SMILES string of the molecule is C1SSCSSS1.S. The van der Waals surface area contributed by atoms with Crippen LogP contribution in [0.3, 0.4) is 0 Å². The molecule has 0 aromatic rings. The smallest absolute Gasteiger partial charge is 0.0608 e. The molecule has 0 aromatic carbocycles. The Morgan fingerprint density at radius 2 is 1.25 bits per heavy atom. The number of hydrogen-bond acceptors (Lipinski definition) is 5. The molecule has 1 fully saturated rings. The second-order valence-corrected chi connectivity index (χ2v) is 8.20. The maximum absolute atomic E-state index is 1.95. The first-order valence-corrected chi connectivity index (χ1v) is 7.96. The predicted molar refractivity (Wildman–Crippen MR) is 58.1 cm³/mol. The van der Waals surface area contributed by atoms with Crippen LogP contribution >= 0.6 is 66.5 Å². The Morgan fingerprint density at radius 3 is 1.75 bits per heavy atom. The fraction of sp³-hybridized carbons (Fsp3) is 1.00. The Labute approximate surface area is 76.1 Å². The molecule has 0 unspecified atom stereocenters. The van der Waals surface area contributed by atoms with E-state index in [1.54, 1.807) is 0 Å². The van der Waals surface area contributed by atoms with E-state index in [1.807, 2.05) is 53.0 Å². The van der Waals surface area contributed by atoms with Crippen molar-refractivity contribution in [2.24, 2.45) is 0 Å². The van der Waals surface area contributed by atoms with E-state index in [0.29, 0.717) is 0 Å². The van der Waals surface area contributed by atoms with Crippen molar-refractivity contribution in [3.8, 4) is 0 Å². The minimum Gasteiger partial charge on any atom is -0.197 e. The minimum absolute atomic E-state index is 0. The number of rotatable bonds is 0. The zero-order valence-electron chi connectivity index (χ0n) is 3.96. The highest BCUT2D eigenvalue weighted by Crippen LogP contribution is 2.46. The fourth-order valence-corrected chi connectivity index (χ4v) is 9.12. The molecule has 8 heavy (non-hydrogen) atoms. The second kappa shape index (κ2) is 7.21. The second-order valence-electron chi connectivity index (χ2n) is 0.775. The van der Waals surface area contributed by atoms with E-state index in [4.69, 9.17) is 0 Å². The van der Waals surface area contributed by atoms with Crippen LogP contribution in [0, 0.1) is 0 Å². The lowest BCUT2D eigenvalue weighted by atomic mass is 11.9. The summed E-state index contributed by atoms with van der Waals surface area (Å²) in [5.41, 5.74) is 0. The summed E-state index contributed by atoms with van der Waals surface area (Å²) in [6.45, 7) is 0. The van der Waals surface area contributed by atoms with Crippen molar-refractivity contribution in [3.63, 3.8) is 0 Å². The molecule has 1 heterocycles. The highest BCUT2D eigenvalue weighted by molar-refractivity contribution is 9.12. The molecule has 0 aliphatic carbocycles. The maximum Gasteiger partial charge on any atom is 0.0608 e. The van der Waals surface area contributed by atoms with Gasteiger partial charge in [-0.05, 0) is 9.83 Å². The largest absolute Gasteiger partial charge is 0.197 e. The molecule has 0 bridgehead atoms. The molecule has 6 heteroatoms. The van der Waals surface area contributed by atoms with Gasteiger partial charge in [0.15, 0.2) is 0 Å². The van der Waals surface area contributed by atoms with Crippen LogP contribution in [0.1, 0.15) is 0 Å². The Bertz CT molecular complexity index is 26.1. The molecule has 50 valence electrons. The summed E-state index contributed by atoms with van der Waals surface area (Å²) in [6.07, 6.45) is 0. The Morgan fingerprint density at radius 1 is 0.750 bits per heavy atom. The quantitative estimate of drug-likeness (QED) is 0.574. The summed E-state index contributed by atoms with van der Waals surface area (Å²) in [5.74, 6) is 0. The Kier molecular flexibility index (Phi) is 9.10. The van der Waals surface area contributed by atoms with Crippen molar-refractivity contribution in [1.29, 1.82) is 0 Å². The highest BCUT2D eigenvalue weighted by Gasteiger charge is 1.98. The molecular weight excluding hydrogens is 216 g/mol. The van der Waals surface area contributed by atoms with Crippen LogP contribution in [0.4, 0.5) is 0 Å². The summed E-state index contributed by atoms with van der Waals surface area (Å²) in [6, 6.07) is 0. The van der Waals surface area contributed by atoms with Gasteiger partial charge in [0.1, 0.15) is 0 Å². The van der Waals surface area contributed by atoms with Crippen LogP contribution in [0.25, 0.3) is 0 Å². The van der Waals surface area contributed by atoms with Gasteiger partial charge in [-0.15, -0.1) is 0 Å². The van der Waals surface area contributed by atoms with E-state index in [2.05, 4.69) is 0 Å². The van der Waals surface area contributed by atoms with Crippen LogP contribution in [0.5, 0.6) is 0 Å². The van der Waals surface area contributed by atoms with E-state index >= 15 is 0 Å². The summed E-state index contributed by atoms with van der Waals surface area (Å²) < 4.78 is 0. The zero-order chi connectivity index (χ0) is 4.95. The van der Waals surface area contributed by atoms with E-state index in [1.165, 1.54) is 10.2 Å². The van der Waals surface area contributed by atoms with Crippen LogP contribution in [-0.4, -0.2) is 10.2 Å². The molecule has 1 aliphatic heterocycles. The normalized spacial score (nSPS) is 21.0. The highest BCUT2D eigenvalue weighted by atomic mass is 33.5. The molecule has 0 spiro atoms. The van der Waals surface area contributed by atoms with Gasteiger partial charge in [-0.3, -0.25) is 0 Å². The molecule has 0 aromatic heterocycles. The molecule has 1 rings (SSSR count). The van der Waals surface area contributed by atoms with E-state index in [9.17, 15) is 0 Å². The molecule has 1 aliphatic rings. The van der Waals surface area contributed by atoms with Crippen LogP contribution < -0.4 is 0 Å². The van der Waals surface area contributed by atoms with Gasteiger partial charge >= 0.3 is 0 Å². The Balaban J connectivity index is 0.000000490. The third-order valence-corrected chi connectivity index (χ3v) is 8.54. The number of hydrogen-bond donors (Lipinski definition) is 0. The summed E-state index contributed by atoms with van der Waals surface area (Å²) >= 11 is 0. The van der Waals surface area contributed by atoms with Crippen molar-refractivity contribution in [1.82, 2.24) is 0 Å². The van der Waals surface area contributed by atoms with Gasteiger partial charge in [0, 0.05) is 0 Å². The summed E-state index contributed by atoms with van der Waals surface area (Å²) in [7, 11) is 9.69. The van der Waals surface area contributed by atoms with Gasteiger partial charge in [-0.1, -0.05) is 43.2 Å². The van der Waals surface area contributed by atoms with Crippen molar-refractivity contribution >= 4 is 66.5 Å². The van der Waals surface area contributed by atoms with Gasteiger partial charge in [0.2, 0.25) is 0 Å². The predicted octanol–water partition coefficient (Wildman–Crippen LogP) is 3.44. The van der Waals surface area contributed by atoms with Crippen molar-refractivity contribution < 1.29 is 0 Å². The Hall–Kier alpha value is 2.10. The van der Waals surface area contributed by atoms with Gasteiger partial charge in [-0.25, -0.2) is 0 Å². The lowest BCUT2D eigenvalue weighted by Crippen LogP contribution is -1.52. The van der Waals surface area contributed by atoms with Crippen molar-refractivity contribution in [2.45, 2.75) is 0 Å². The molecule has 1 saturated heterocycles. The fourth-order valence-electron chi connectivity index (χ4n) is 0.181. The standard InChI is InChI=1S/C2H4S5.H2S/c1-3-4-2-6-7-5-1;/h1-2H2;1H2. The van der Waals surface area contributed by atoms with Crippen molar-refractivity contribution in [3.05, 3.63) is 0 Å². The van der Waals surface area contributed by atoms with Gasteiger partial charge in [0.05, 0.1) is 10.2 Å². The average molecular weight is 222 g/mol. The van der Waals surface area contributed by atoms with Gasteiger partial charge in [-0.2, -0.15) is 13.5 Å². The lowest BCUT2D eigenvalue weighted by molar-refractivity contribution is 2.33.